The van der Waals surface area contributed by atoms with Gasteiger partial charge in [-0.15, -0.1) is 0 Å². The third-order valence-corrected chi connectivity index (χ3v) is 3.95. The van der Waals surface area contributed by atoms with Crippen molar-refractivity contribution in [3.8, 4) is 11.5 Å². The van der Waals surface area contributed by atoms with E-state index >= 15 is 0 Å². The maximum absolute atomic E-state index is 12.4. The monoisotopic (exact) mass is 360 g/mol. The highest BCUT2D eigenvalue weighted by Crippen LogP contribution is 2.23. The molecule has 0 spiro atoms. The summed E-state index contributed by atoms with van der Waals surface area (Å²) in [6.07, 6.45) is 6.61. The number of carbonyl (C=O) groups is 1. The zero-order chi connectivity index (χ0) is 18.6. The molecule has 0 bridgehead atoms. The maximum atomic E-state index is 12.4. The van der Waals surface area contributed by atoms with Crippen molar-refractivity contribution in [3.05, 3.63) is 84.6 Å². The van der Waals surface area contributed by atoms with E-state index in [-0.39, 0.29) is 12.5 Å². The van der Waals surface area contributed by atoms with Gasteiger partial charge in [-0.25, -0.2) is 4.98 Å². The Kier molecular flexibility index (Phi) is 4.51. The molecule has 2 aromatic heterocycles. The van der Waals surface area contributed by atoms with Gasteiger partial charge in [-0.2, -0.15) is 0 Å². The van der Waals surface area contributed by atoms with Crippen molar-refractivity contribution in [2.24, 2.45) is 0 Å². The van der Waals surface area contributed by atoms with Crippen LogP contribution in [-0.4, -0.2) is 25.4 Å². The van der Waals surface area contributed by atoms with Crippen LogP contribution in [0.5, 0.6) is 11.5 Å². The van der Waals surface area contributed by atoms with E-state index in [1.165, 1.54) is 0 Å². The van der Waals surface area contributed by atoms with E-state index in [9.17, 15) is 4.79 Å². The minimum atomic E-state index is -0.299. The highest BCUT2D eigenvalue weighted by atomic mass is 16.5. The molecule has 7 heteroatoms. The van der Waals surface area contributed by atoms with Crippen LogP contribution in [0.1, 0.15) is 16.1 Å². The Labute approximate surface area is 154 Å². The molecule has 2 aromatic carbocycles. The summed E-state index contributed by atoms with van der Waals surface area (Å²) in [6, 6.07) is 14.2. The number of nitrogens with one attached hydrogen (secondary N) is 1. The minimum absolute atomic E-state index is 0.00248. The van der Waals surface area contributed by atoms with Crippen LogP contribution in [0.15, 0.2) is 73.3 Å². The summed E-state index contributed by atoms with van der Waals surface area (Å²) in [7, 11) is 0. The van der Waals surface area contributed by atoms with Crippen molar-refractivity contribution < 1.29 is 14.6 Å². The van der Waals surface area contributed by atoms with E-state index in [1.54, 1.807) is 77.7 Å². The van der Waals surface area contributed by atoms with E-state index in [0.717, 1.165) is 5.56 Å². The summed E-state index contributed by atoms with van der Waals surface area (Å²) >= 11 is 0. The highest BCUT2D eigenvalue weighted by Gasteiger charge is 2.11. The Morgan fingerprint density at radius 2 is 1.78 bits per heavy atom. The zero-order valence-electron chi connectivity index (χ0n) is 14.2. The molecule has 134 valence electrons. The fraction of sp³-hybridized carbons (Fsp3) is 0.0500. The molecule has 7 nitrogen and oxygen atoms in total. The third-order valence-electron chi connectivity index (χ3n) is 3.95. The van der Waals surface area contributed by atoms with E-state index < -0.39 is 0 Å². The number of aliphatic hydroxyl groups is 1. The quantitative estimate of drug-likeness (QED) is 0.570. The summed E-state index contributed by atoms with van der Waals surface area (Å²) < 4.78 is 7.48. The number of carbonyl (C=O) groups excluding carboxylic acids is 1. The topological polar surface area (TPSA) is 88.8 Å². The van der Waals surface area contributed by atoms with Gasteiger partial charge >= 0.3 is 0 Å². The second kappa shape index (κ2) is 7.27. The van der Waals surface area contributed by atoms with Crippen LogP contribution in [0.3, 0.4) is 0 Å². The maximum Gasteiger partial charge on any atom is 0.275 e. The van der Waals surface area contributed by atoms with Gasteiger partial charge in [0, 0.05) is 24.3 Å². The van der Waals surface area contributed by atoms with Crippen LogP contribution in [-0.2, 0) is 6.61 Å². The number of rotatable bonds is 5. The van der Waals surface area contributed by atoms with Crippen LogP contribution in [0, 0.1) is 0 Å². The fourth-order valence-corrected chi connectivity index (χ4v) is 2.55. The lowest BCUT2D eigenvalue weighted by Gasteiger charge is -2.08. The SMILES string of the molecule is O=C(Nc1ccc(Oc2ccc(CO)cc2)cc1)c1cn2ccncc2n1. The molecule has 2 N–H and O–H groups in total. The molecule has 0 unspecified atom stereocenters. The molecule has 0 fully saturated rings. The number of amides is 1. The van der Waals surface area contributed by atoms with Gasteiger partial charge < -0.3 is 19.6 Å². The van der Waals surface area contributed by atoms with Crippen molar-refractivity contribution in [2.45, 2.75) is 6.61 Å². The van der Waals surface area contributed by atoms with Gasteiger partial charge in [0.15, 0.2) is 5.65 Å². The van der Waals surface area contributed by atoms with E-state index in [2.05, 4.69) is 15.3 Å². The normalized spacial score (nSPS) is 10.7. The number of fused-ring (bicyclic) bond motifs is 1. The first-order valence-electron chi connectivity index (χ1n) is 8.29. The Bertz CT molecular complexity index is 1040. The van der Waals surface area contributed by atoms with Gasteiger partial charge in [0.05, 0.1) is 12.8 Å². The molecule has 2 heterocycles. The number of hydrogen-bond donors (Lipinski definition) is 2. The number of ether oxygens (including phenoxy) is 1. The van der Waals surface area contributed by atoms with Crippen molar-refractivity contribution in [2.75, 3.05) is 5.32 Å². The van der Waals surface area contributed by atoms with Gasteiger partial charge in [0.1, 0.15) is 17.2 Å². The molecule has 27 heavy (non-hydrogen) atoms. The number of anilines is 1. The van der Waals surface area contributed by atoms with Crippen molar-refractivity contribution in [1.29, 1.82) is 0 Å². The number of hydrogen-bond acceptors (Lipinski definition) is 5. The van der Waals surface area contributed by atoms with Crippen LogP contribution >= 0.6 is 0 Å². The first-order valence-corrected chi connectivity index (χ1v) is 8.29. The summed E-state index contributed by atoms with van der Waals surface area (Å²) in [4.78, 5) is 20.6. The highest BCUT2D eigenvalue weighted by molar-refractivity contribution is 6.03. The largest absolute Gasteiger partial charge is 0.457 e. The predicted octanol–water partition coefficient (Wildman–Crippen LogP) is 3.27. The van der Waals surface area contributed by atoms with Gasteiger partial charge in [-0.1, -0.05) is 12.1 Å². The molecule has 4 aromatic rings. The number of imidazole rings is 1. The molecule has 4 rings (SSSR count). The van der Waals surface area contributed by atoms with Crippen LogP contribution in [0.25, 0.3) is 5.65 Å². The molecular weight excluding hydrogens is 344 g/mol. The average molecular weight is 360 g/mol. The Morgan fingerprint density at radius 3 is 2.44 bits per heavy atom. The first kappa shape index (κ1) is 16.7. The Balaban J connectivity index is 1.43. The average Bonchev–Trinajstić information content (AvgIpc) is 3.14. The molecule has 0 saturated carbocycles. The second-order valence-corrected chi connectivity index (χ2v) is 5.85. The molecule has 1 amide bonds. The lowest BCUT2D eigenvalue weighted by molar-refractivity contribution is 0.102. The summed E-state index contributed by atoms with van der Waals surface area (Å²) in [5, 5.41) is 11.9. The molecule has 0 saturated heterocycles. The lowest BCUT2D eigenvalue weighted by Crippen LogP contribution is -2.12. The molecule has 0 atom stereocenters. The van der Waals surface area contributed by atoms with Crippen molar-refractivity contribution >= 4 is 17.2 Å². The smallest absolute Gasteiger partial charge is 0.275 e. The Hall–Kier alpha value is -3.71. The molecule has 0 aliphatic rings. The van der Waals surface area contributed by atoms with Gasteiger partial charge in [0.2, 0.25) is 0 Å². The van der Waals surface area contributed by atoms with Crippen LogP contribution < -0.4 is 10.1 Å². The number of nitrogens with zero attached hydrogens (tertiary/aromatic N) is 3. The Morgan fingerprint density at radius 1 is 1.07 bits per heavy atom. The third kappa shape index (κ3) is 3.78. The van der Waals surface area contributed by atoms with Crippen molar-refractivity contribution in [3.63, 3.8) is 0 Å². The second-order valence-electron chi connectivity index (χ2n) is 5.85. The fourth-order valence-electron chi connectivity index (χ4n) is 2.55. The minimum Gasteiger partial charge on any atom is -0.457 e. The van der Waals surface area contributed by atoms with Gasteiger partial charge in [0.25, 0.3) is 5.91 Å². The zero-order valence-corrected chi connectivity index (χ0v) is 14.2. The number of aliphatic hydroxyl groups excluding tert-OH is 1. The molecular formula is C20H16N4O3. The van der Waals surface area contributed by atoms with Gasteiger partial charge in [-0.05, 0) is 42.0 Å². The van der Waals surface area contributed by atoms with E-state index in [4.69, 9.17) is 9.84 Å². The van der Waals surface area contributed by atoms with Gasteiger partial charge in [-0.3, -0.25) is 9.78 Å². The number of benzene rings is 2. The lowest BCUT2D eigenvalue weighted by atomic mass is 10.2. The summed E-state index contributed by atoms with van der Waals surface area (Å²) in [6.45, 7) is -0.00248. The van der Waals surface area contributed by atoms with E-state index in [1.807, 2.05) is 0 Å². The number of aromatic nitrogens is 3. The summed E-state index contributed by atoms with van der Waals surface area (Å²) in [5.41, 5.74) is 2.38. The first-order chi connectivity index (χ1) is 13.2. The van der Waals surface area contributed by atoms with Crippen LogP contribution in [0.4, 0.5) is 5.69 Å². The predicted molar refractivity (Wildman–Crippen MR) is 99.8 cm³/mol. The van der Waals surface area contributed by atoms with Crippen molar-refractivity contribution in [1.82, 2.24) is 14.4 Å². The van der Waals surface area contributed by atoms with Crippen LogP contribution in [0.2, 0.25) is 0 Å². The van der Waals surface area contributed by atoms with E-state index in [0.29, 0.717) is 28.5 Å². The molecule has 0 aliphatic carbocycles. The molecule has 0 aliphatic heterocycles. The standard InChI is InChI=1S/C20H16N4O3/c25-13-14-1-5-16(6-2-14)27-17-7-3-15(4-8-17)22-20(26)18-12-24-10-9-21-11-19(24)23-18/h1-12,25H,13H2,(H,22,26). The summed E-state index contributed by atoms with van der Waals surface area (Å²) in [5.74, 6) is 1.01. The molecule has 0 radical (unpaired) electrons.